The molecule has 0 saturated carbocycles. The summed E-state index contributed by atoms with van der Waals surface area (Å²) < 4.78 is 11.1. The van der Waals surface area contributed by atoms with E-state index in [1.165, 1.54) is 25.9 Å². The first-order valence-electron chi connectivity index (χ1n) is 11.3. The van der Waals surface area contributed by atoms with Crippen molar-refractivity contribution in [3.05, 3.63) is 0 Å². The molecule has 28 heavy (non-hydrogen) atoms. The normalized spacial score (nSPS) is 23.2. The molecule has 2 fully saturated rings. The van der Waals surface area contributed by atoms with Crippen LogP contribution in [0.25, 0.3) is 0 Å². The monoisotopic (exact) mass is 396 g/mol. The first kappa shape index (κ1) is 23.4. The molecule has 2 rings (SSSR count). The summed E-state index contributed by atoms with van der Waals surface area (Å²) in [5, 5.41) is 3.51. The van der Waals surface area contributed by atoms with E-state index in [4.69, 9.17) is 14.5 Å². The molecule has 1 unspecified atom stereocenters. The van der Waals surface area contributed by atoms with E-state index in [-0.39, 0.29) is 5.54 Å². The Hall–Kier alpha value is -0.850. The highest BCUT2D eigenvalue weighted by molar-refractivity contribution is 5.80. The third-order valence-corrected chi connectivity index (χ3v) is 6.05. The van der Waals surface area contributed by atoms with Crippen molar-refractivity contribution >= 4 is 5.96 Å². The number of ether oxygens (including phenoxy) is 2. The Bertz CT molecular complexity index is 461. The van der Waals surface area contributed by atoms with Crippen LogP contribution in [0, 0.1) is 5.92 Å². The van der Waals surface area contributed by atoms with Crippen molar-refractivity contribution in [1.29, 1.82) is 0 Å². The van der Waals surface area contributed by atoms with E-state index in [9.17, 15) is 0 Å². The van der Waals surface area contributed by atoms with Crippen molar-refractivity contribution < 1.29 is 9.47 Å². The van der Waals surface area contributed by atoms with Crippen molar-refractivity contribution in [3.63, 3.8) is 0 Å². The van der Waals surface area contributed by atoms with Crippen LogP contribution in [0.5, 0.6) is 0 Å². The summed E-state index contributed by atoms with van der Waals surface area (Å²) in [5.74, 6) is 1.87. The number of piperidine rings is 2. The standard InChI is InChI=1S/C22H44N4O2/c1-6-23-21(24-18-22(3,4)26-12-7-9-19(2)17-26)25-13-10-20(11-14-25)28-16-8-15-27-5/h19-20H,6-18H2,1-5H3,(H,23,24). The van der Waals surface area contributed by atoms with Crippen molar-refractivity contribution in [3.8, 4) is 0 Å². The van der Waals surface area contributed by atoms with Gasteiger partial charge in [-0.3, -0.25) is 9.89 Å². The molecule has 1 atom stereocenters. The summed E-state index contributed by atoms with van der Waals surface area (Å²) in [6.45, 7) is 17.0. The number of methoxy groups -OCH3 is 1. The highest BCUT2D eigenvalue weighted by atomic mass is 16.5. The van der Waals surface area contributed by atoms with Crippen molar-refractivity contribution in [2.45, 2.75) is 71.4 Å². The van der Waals surface area contributed by atoms with E-state index >= 15 is 0 Å². The third kappa shape index (κ3) is 7.53. The molecule has 0 radical (unpaired) electrons. The molecular weight excluding hydrogens is 352 g/mol. The molecule has 1 N–H and O–H groups in total. The molecule has 6 heteroatoms. The topological polar surface area (TPSA) is 49.3 Å². The number of guanidine groups is 1. The van der Waals surface area contributed by atoms with Crippen LogP contribution in [0.1, 0.15) is 59.8 Å². The Labute approximate surface area is 173 Å². The number of hydrogen-bond acceptors (Lipinski definition) is 4. The van der Waals surface area contributed by atoms with Crippen molar-refractivity contribution in [1.82, 2.24) is 15.1 Å². The second-order valence-electron chi connectivity index (χ2n) is 9.08. The Morgan fingerprint density at radius 2 is 1.89 bits per heavy atom. The van der Waals surface area contributed by atoms with E-state index in [1.54, 1.807) is 7.11 Å². The van der Waals surface area contributed by atoms with E-state index in [2.05, 4.69) is 42.8 Å². The minimum absolute atomic E-state index is 0.109. The Morgan fingerprint density at radius 1 is 1.14 bits per heavy atom. The van der Waals surface area contributed by atoms with Crippen molar-refractivity contribution in [2.24, 2.45) is 10.9 Å². The fourth-order valence-corrected chi connectivity index (χ4v) is 4.22. The fraction of sp³-hybridized carbons (Fsp3) is 0.955. The summed E-state index contributed by atoms with van der Waals surface area (Å²) in [7, 11) is 1.74. The summed E-state index contributed by atoms with van der Waals surface area (Å²) >= 11 is 0. The van der Waals surface area contributed by atoms with Gasteiger partial charge in [0.05, 0.1) is 12.6 Å². The fourth-order valence-electron chi connectivity index (χ4n) is 4.22. The van der Waals surface area contributed by atoms with Gasteiger partial charge in [0, 0.05) is 52.0 Å². The van der Waals surface area contributed by atoms with Crippen LogP contribution in [0.15, 0.2) is 4.99 Å². The molecule has 0 bridgehead atoms. The van der Waals surface area contributed by atoms with Crippen LogP contribution in [-0.4, -0.2) is 87.0 Å². The van der Waals surface area contributed by atoms with Gasteiger partial charge in [0.2, 0.25) is 0 Å². The van der Waals surface area contributed by atoms with Gasteiger partial charge < -0.3 is 19.7 Å². The van der Waals surface area contributed by atoms with Gasteiger partial charge in [0.25, 0.3) is 0 Å². The minimum atomic E-state index is 0.109. The maximum Gasteiger partial charge on any atom is 0.193 e. The first-order chi connectivity index (χ1) is 13.5. The molecule has 164 valence electrons. The minimum Gasteiger partial charge on any atom is -0.385 e. The van der Waals surface area contributed by atoms with Crippen molar-refractivity contribution in [2.75, 3.05) is 59.6 Å². The van der Waals surface area contributed by atoms with Crippen LogP contribution >= 0.6 is 0 Å². The number of nitrogens with zero attached hydrogens (tertiary/aromatic N) is 3. The molecule has 2 aliphatic heterocycles. The molecule has 0 amide bonds. The molecule has 6 nitrogen and oxygen atoms in total. The Kier molecular flexibility index (Phi) is 10.0. The number of hydrogen-bond donors (Lipinski definition) is 1. The summed E-state index contributed by atoms with van der Waals surface area (Å²) in [5.41, 5.74) is 0.109. The number of rotatable bonds is 9. The SMILES string of the molecule is CCNC(=NCC(C)(C)N1CCCC(C)C1)N1CCC(OCCCOC)CC1. The van der Waals surface area contributed by atoms with Gasteiger partial charge in [-0.25, -0.2) is 0 Å². The van der Waals surface area contributed by atoms with Crippen LogP contribution in [-0.2, 0) is 9.47 Å². The van der Waals surface area contributed by atoms with Gasteiger partial charge in [-0.05, 0) is 65.3 Å². The largest absolute Gasteiger partial charge is 0.385 e. The predicted molar refractivity (Wildman–Crippen MR) is 117 cm³/mol. The van der Waals surface area contributed by atoms with Gasteiger partial charge in [-0.1, -0.05) is 6.92 Å². The highest BCUT2D eigenvalue weighted by Crippen LogP contribution is 2.24. The lowest BCUT2D eigenvalue weighted by atomic mass is 9.94. The average molecular weight is 397 g/mol. The van der Waals surface area contributed by atoms with E-state index in [0.717, 1.165) is 70.5 Å². The van der Waals surface area contributed by atoms with Crippen LogP contribution in [0.3, 0.4) is 0 Å². The van der Waals surface area contributed by atoms with E-state index in [0.29, 0.717) is 6.10 Å². The zero-order valence-corrected chi connectivity index (χ0v) is 19.0. The molecule has 2 aliphatic rings. The molecule has 0 aromatic rings. The van der Waals surface area contributed by atoms with Crippen LogP contribution < -0.4 is 5.32 Å². The van der Waals surface area contributed by atoms with E-state index in [1.807, 2.05) is 0 Å². The van der Waals surface area contributed by atoms with Crippen LogP contribution in [0.2, 0.25) is 0 Å². The summed E-state index contributed by atoms with van der Waals surface area (Å²) in [4.78, 5) is 10.1. The van der Waals surface area contributed by atoms with Gasteiger partial charge in [-0.15, -0.1) is 0 Å². The molecule has 0 aromatic carbocycles. The summed E-state index contributed by atoms with van der Waals surface area (Å²) in [6.07, 6.45) is 6.18. The molecule has 0 aliphatic carbocycles. The Balaban J connectivity index is 1.85. The molecular formula is C22H44N4O2. The summed E-state index contributed by atoms with van der Waals surface area (Å²) in [6, 6.07) is 0. The van der Waals surface area contributed by atoms with Gasteiger partial charge in [-0.2, -0.15) is 0 Å². The quantitative estimate of drug-likeness (QED) is 0.369. The second kappa shape index (κ2) is 12.0. The zero-order valence-electron chi connectivity index (χ0n) is 19.0. The maximum atomic E-state index is 6.00. The van der Waals surface area contributed by atoms with Gasteiger partial charge in [0.15, 0.2) is 5.96 Å². The first-order valence-corrected chi connectivity index (χ1v) is 11.3. The predicted octanol–water partition coefficient (Wildman–Crippen LogP) is 2.98. The number of likely N-dealkylation sites (tertiary alicyclic amines) is 2. The lowest BCUT2D eigenvalue weighted by molar-refractivity contribution is 0.00981. The molecule has 0 aromatic heterocycles. The molecule has 2 saturated heterocycles. The molecule has 2 heterocycles. The van der Waals surface area contributed by atoms with Gasteiger partial charge >= 0.3 is 0 Å². The third-order valence-electron chi connectivity index (χ3n) is 6.05. The molecule has 0 spiro atoms. The zero-order chi connectivity index (χ0) is 20.4. The van der Waals surface area contributed by atoms with E-state index < -0.39 is 0 Å². The second-order valence-corrected chi connectivity index (χ2v) is 9.08. The lowest BCUT2D eigenvalue weighted by Gasteiger charge is -2.42. The number of aliphatic imine (C=N–C) groups is 1. The smallest absolute Gasteiger partial charge is 0.193 e. The highest BCUT2D eigenvalue weighted by Gasteiger charge is 2.30. The maximum absolute atomic E-state index is 6.00. The Morgan fingerprint density at radius 3 is 2.54 bits per heavy atom. The van der Waals surface area contributed by atoms with Gasteiger partial charge in [0.1, 0.15) is 0 Å². The average Bonchev–Trinajstić information content (AvgIpc) is 2.69. The van der Waals surface area contributed by atoms with Crippen LogP contribution in [0.4, 0.5) is 0 Å². The lowest BCUT2D eigenvalue weighted by Crippen LogP contribution is -2.52. The number of nitrogens with one attached hydrogen (secondary N) is 1.